The molecule has 2 fully saturated rings. The molecule has 14 nitrogen and oxygen atoms in total. The van der Waals surface area contributed by atoms with E-state index in [0.29, 0.717) is 42.2 Å². The van der Waals surface area contributed by atoms with Gasteiger partial charge in [-0.05, 0) is 25.0 Å². The highest BCUT2D eigenvalue weighted by Gasteiger charge is 2.52. The Balaban J connectivity index is 1.23. The number of hydrogen-bond acceptors (Lipinski definition) is 9. The first-order chi connectivity index (χ1) is 20.5. The number of imidazole rings is 2. The van der Waals surface area contributed by atoms with Crippen molar-refractivity contribution in [2.24, 2.45) is 5.92 Å². The summed E-state index contributed by atoms with van der Waals surface area (Å²) in [4.78, 5) is 43.4. The molecule has 1 saturated carbocycles. The number of carboxylic acids is 1. The van der Waals surface area contributed by atoms with Gasteiger partial charge in [0.15, 0.2) is 29.0 Å². The van der Waals surface area contributed by atoms with Crippen LogP contribution in [0.1, 0.15) is 41.1 Å². The van der Waals surface area contributed by atoms with Crippen molar-refractivity contribution in [1.29, 1.82) is 0 Å². The van der Waals surface area contributed by atoms with Crippen molar-refractivity contribution < 1.29 is 28.9 Å². The van der Waals surface area contributed by atoms with Crippen LogP contribution in [0.4, 0.5) is 10.6 Å². The highest BCUT2D eigenvalue weighted by molar-refractivity contribution is 5.95. The van der Waals surface area contributed by atoms with E-state index in [0.717, 1.165) is 5.56 Å². The van der Waals surface area contributed by atoms with Crippen LogP contribution in [-0.4, -0.2) is 78.2 Å². The summed E-state index contributed by atoms with van der Waals surface area (Å²) in [6.45, 7) is 2.67. The maximum atomic E-state index is 12.1. The molecule has 0 spiro atoms. The Morgan fingerprint density at radius 1 is 1.17 bits per heavy atom. The SMILES string of the molecule is CCNC(=O)Nc1ncnc2c1ncn2C1CC(COCc2[nH]cnc2C(=O)O)C2O[C@H](/C=C/c3ccccc3)OC21. The van der Waals surface area contributed by atoms with Crippen LogP contribution in [0.15, 0.2) is 55.4 Å². The number of carbonyl (C=O) groups excluding carboxylic acids is 1. The number of hydrogen-bond donors (Lipinski definition) is 4. The number of nitrogens with one attached hydrogen (secondary N) is 3. The number of carboxylic acid groups (broad SMARTS) is 1. The molecule has 5 atom stereocenters. The normalized spacial score (nSPS) is 23.4. The molecule has 4 unspecified atom stereocenters. The number of fused-ring (bicyclic) bond motifs is 2. The highest BCUT2D eigenvalue weighted by Crippen LogP contribution is 2.45. The van der Waals surface area contributed by atoms with E-state index >= 15 is 0 Å². The lowest BCUT2D eigenvalue weighted by Crippen LogP contribution is -2.29. The van der Waals surface area contributed by atoms with Crippen LogP contribution in [0.5, 0.6) is 0 Å². The van der Waals surface area contributed by atoms with Gasteiger partial charge in [-0.3, -0.25) is 5.32 Å². The lowest BCUT2D eigenvalue weighted by atomic mass is 10.1. The fourth-order valence-electron chi connectivity index (χ4n) is 5.47. The lowest BCUT2D eigenvalue weighted by Gasteiger charge is -2.19. The minimum absolute atomic E-state index is 0.0640. The molecule has 1 saturated heterocycles. The summed E-state index contributed by atoms with van der Waals surface area (Å²) in [5.74, 6) is -0.884. The van der Waals surface area contributed by atoms with Gasteiger partial charge < -0.3 is 34.2 Å². The van der Waals surface area contributed by atoms with Crippen LogP contribution >= 0.6 is 0 Å². The van der Waals surface area contributed by atoms with Crippen molar-refractivity contribution in [3.05, 3.63) is 72.3 Å². The van der Waals surface area contributed by atoms with E-state index in [2.05, 4.69) is 35.6 Å². The van der Waals surface area contributed by atoms with Crippen LogP contribution in [0.3, 0.4) is 0 Å². The summed E-state index contributed by atoms with van der Waals surface area (Å²) < 4.78 is 20.7. The monoisotopic (exact) mass is 574 g/mol. The molecule has 2 amide bonds. The predicted octanol–water partition coefficient (Wildman–Crippen LogP) is 2.99. The molecule has 1 aliphatic carbocycles. The summed E-state index contributed by atoms with van der Waals surface area (Å²) in [6.07, 6.45) is 7.66. The molecule has 1 aromatic carbocycles. The quantitative estimate of drug-likeness (QED) is 0.220. The van der Waals surface area contributed by atoms with Crippen LogP contribution in [0.25, 0.3) is 17.2 Å². The van der Waals surface area contributed by atoms with Gasteiger partial charge in [-0.25, -0.2) is 29.5 Å². The average molecular weight is 575 g/mol. The van der Waals surface area contributed by atoms with Crippen LogP contribution in [0.2, 0.25) is 0 Å². The number of rotatable bonds is 10. The van der Waals surface area contributed by atoms with Gasteiger partial charge in [0.1, 0.15) is 12.4 Å². The summed E-state index contributed by atoms with van der Waals surface area (Å²) >= 11 is 0. The molecule has 4 aromatic rings. The van der Waals surface area contributed by atoms with Crippen molar-refractivity contribution in [3.8, 4) is 0 Å². The smallest absolute Gasteiger partial charge is 0.356 e. The third-order valence-electron chi connectivity index (χ3n) is 7.32. The number of ether oxygens (including phenoxy) is 3. The number of amides is 2. The first-order valence-electron chi connectivity index (χ1n) is 13.6. The van der Waals surface area contributed by atoms with Gasteiger partial charge in [0.25, 0.3) is 0 Å². The van der Waals surface area contributed by atoms with Gasteiger partial charge in [-0.15, -0.1) is 0 Å². The second kappa shape index (κ2) is 12.1. The molecular weight excluding hydrogens is 544 g/mol. The number of aromatic amines is 1. The number of aromatic carboxylic acids is 1. The molecule has 2 aliphatic rings. The summed E-state index contributed by atoms with van der Waals surface area (Å²) in [5.41, 5.74) is 2.37. The zero-order valence-corrected chi connectivity index (χ0v) is 22.7. The minimum Gasteiger partial charge on any atom is -0.476 e. The van der Waals surface area contributed by atoms with Crippen molar-refractivity contribution in [3.63, 3.8) is 0 Å². The van der Waals surface area contributed by atoms with Gasteiger partial charge in [0, 0.05) is 12.5 Å². The molecule has 3 aromatic heterocycles. The number of H-pyrrole nitrogens is 1. The molecular formula is C28H30N8O6. The van der Waals surface area contributed by atoms with Gasteiger partial charge in [0.2, 0.25) is 0 Å². The highest BCUT2D eigenvalue weighted by atomic mass is 16.7. The Hall–Kier alpha value is -4.66. The van der Waals surface area contributed by atoms with Gasteiger partial charge in [-0.1, -0.05) is 36.4 Å². The fraction of sp³-hybridized carbons (Fsp3) is 0.357. The lowest BCUT2D eigenvalue weighted by molar-refractivity contribution is -0.0587. The first-order valence-corrected chi connectivity index (χ1v) is 13.6. The second-order valence-electron chi connectivity index (χ2n) is 9.98. The van der Waals surface area contributed by atoms with E-state index < -0.39 is 12.3 Å². The summed E-state index contributed by atoms with van der Waals surface area (Å²) in [5, 5.41) is 14.8. The Labute approximate surface area is 240 Å². The molecule has 0 radical (unpaired) electrons. The van der Waals surface area contributed by atoms with Crippen LogP contribution in [0, 0.1) is 5.92 Å². The maximum Gasteiger partial charge on any atom is 0.356 e. The van der Waals surface area contributed by atoms with Crippen molar-refractivity contribution in [2.45, 2.75) is 44.5 Å². The van der Waals surface area contributed by atoms with E-state index in [9.17, 15) is 14.7 Å². The van der Waals surface area contributed by atoms with E-state index in [1.807, 2.05) is 54.0 Å². The summed E-state index contributed by atoms with van der Waals surface area (Å²) in [6, 6.07) is 9.30. The fourth-order valence-corrected chi connectivity index (χ4v) is 5.47. The van der Waals surface area contributed by atoms with E-state index in [1.165, 1.54) is 12.7 Å². The van der Waals surface area contributed by atoms with Crippen molar-refractivity contribution >= 4 is 35.1 Å². The molecule has 4 N–H and O–H groups in total. The number of carbonyl (C=O) groups is 2. The minimum atomic E-state index is -1.12. The zero-order valence-electron chi connectivity index (χ0n) is 22.7. The molecule has 42 heavy (non-hydrogen) atoms. The van der Waals surface area contributed by atoms with Crippen LogP contribution < -0.4 is 10.6 Å². The number of anilines is 1. The van der Waals surface area contributed by atoms with Crippen LogP contribution in [-0.2, 0) is 20.8 Å². The Morgan fingerprint density at radius 2 is 2.00 bits per heavy atom. The van der Waals surface area contributed by atoms with Gasteiger partial charge >= 0.3 is 12.0 Å². The largest absolute Gasteiger partial charge is 0.476 e. The molecule has 1 aliphatic heterocycles. The Morgan fingerprint density at radius 3 is 2.81 bits per heavy atom. The second-order valence-corrected chi connectivity index (χ2v) is 9.98. The first kappa shape index (κ1) is 27.5. The van der Waals surface area contributed by atoms with Crippen molar-refractivity contribution in [1.82, 2.24) is 34.8 Å². The number of benzene rings is 1. The third kappa shape index (κ3) is 5.59. The standard InChI is InChI=1S/C28H30N8O6/c1-2-29-28(39)35-25-22-26(33-14-32-25)36(15-34-22)19-10-17(11-40-12-18-21(27(37)38)31-13-30-18)23-24(19)42-20(41-23)9-8-16-6-4-3-5-7-16/h3-9,13-15,17,19-20,23-24H,2,10-12H2,1H3,(H,30,31)(H,37,38)(H2,29,32,33,35,39)/b9-8+/t17?,19?,20-,23?,24?/m0/s1. The predicted molar refractivity (Wildman–Crippen MR) is 149 cm³/mol. The number of urea groups is 1. The van der Waals surface area contributed by atoms with E-state index in [4.69, 9.17) is 14.2 Å². The molecule has 4 heterocycles. The maximum absolute atomic E-state index is 12.1. The topological polar surface area (TPSA) is 178 Å². The number of aromatic nitrogens is 6. The van der Waals surface area contributed by atoms with E-state index in [-0.39, 0.29) is 42.5 Å². The molecule has 218 valence electrons. The molecule has 6 rings (SSSR count). The third-order valence-corrected chi connectivity index (χ3v) is 7.32. The zero-order chi connectivity index (χ0) is 29.1. The average Bonchev–Trinajstić information content (AvgIpc) is 3.77. The van der Waals surface area contributed by atoms with E-state index in [1.54, 1.807) is 6.33 Å². The summed E-state index contributed by atoms with van der Waals surface area (Å²) in [7, 11) is 0. The van der Waals surface area contributed by atoms with Gasteiger partial charge in [0.05, 0.1) is 43.7 Å². The Bertz CT molecular complexity index is 1590. The Kier molecular flexibility index (Phi) is 7.90. The molecule has 0 bridgehead atoms. The van der Waals surface area contributed by atoms with Crippen molar-refractivity contribution in [2.75, 3.05) is 18.5 Å². The number of nitrogens with zero attached hydrogens (tertiary/aromatic N) is 5. The van der Waals surface area contributed by atoms with Gasteiger partial charge in [-0.2, -0.15) is 0 Å². The molecule has 14 heteroatoms.